The van der Waals surface area contributed by atoms with Crippen molar-refractivity contribution in [3.05, 3.63) is 41.4 Å². The molecule has 0 aromatic heterocycles. The third-order valence-corrected chi connectivity index (χ3v) is 6.00. The second kappa shape index (κ2) is 7.59. The number of carbonyl (C=O) groups is 1. The summed E-state index contributed by atoms with van der Waals surface area (Å²) in [5.74, 6) is 1.15. The van der Waals surface area contributed by atoms with Gasteiger partial charge in [0.25, 0.3) is 0 Å². The largest absolute Gasteiger partial charge is 0.352 e. The van der Waals surface area contributed by atoms with Gasteiger partial charge in [0.05, 0.1) is 5.75 Å². The van der Waals surface area contributed by atoms with Gasteiger partial charge in [-0.3, -0.25) is 4.79 Å². The zero-order valence-electron chi connectivity index (χ0n) is 13.3. The van der Waals surface area contributed by atoms with E-state index in [4.69, 9.17) is 11.6 Å². The maximum absolute atomic E-state index is 12.3. The van der Waals surface area contributed by atoms with Gasteiger partial charge in [-0.15, -0.1) is 11.8 Å². The molecule has 2 nitrogen and oxygen atoms in total. The number of amides is 1. The molecule has 0 bridgehead atoms. The molecule has 1 amide bonds. The van der Waals surface area contributed by atoms with E-state index in [9.17, 15) is 4.79 Å². The standard InChI is InChI=1S/C19H22ClNOS/c1-13-6-2-3-10-16(13)21-18(22)12-23-17-11-5-8-14-7-4-9-15(20)19(14)17/h4-5,7-9,11,13,16H,2-3,6,10,12H2,1H3,(H,21,22)/t13-,16-/m1/s1. The minimum atomic E-state index is 0.123. The maximum Gasteiger partial charge on any atom is 0.230 e. The molecule has 122 valence electrons. The second-order valence-corrected chi connectivity index (χ2v) is 7.74. The van der Waals surface area contributed by atoms with Gasteiger partial charge in [-0.1, -0.05) is 55.6 Å². The van der Waals surface area contributed by atoms with E-state index in [1.165, 1.54) is 19.3 Å². The van der Waals surface area contributed by atoms with Crippen LogP contribution in [0.15, 0.2) is 41.3 Å². The van der Waals surface area contributed by atoms with Gasteiger partial charge >= 0.3 is 0 Å². The summed E-state index contributed by atoms with van der Waals surface area (Å²) >= 11 is 7.90. The first-order valence-corrected chi connectivity index (χ1v) is 9.61. The predicted molar refractivity (Wildman–Crippen MR) is 99.2 cm³/mol. The van der Waals surface area contributed by atoms with Crippen molar-refractivity contribution in [2.75, 3.05) is 5.75 Å². The van der Waals surface area contributed by atoms with Crippen LogP contribution in [0.1, 0.15) is 32.6 Å². The Hall–Kier alpha value is -1.19. The Morgan fingerprint density at radius 1 is 1.22 bits per heavy atom. The predicted octanol–water partition coefficient (Wildman–Crippen LogP) is 5.28. The molecule has 2 aromatic carbocycles. The molecule has 1 aliphatic carbocycles. The molecule has 3 rings (SSSR count). The summed E-state index contributed by atoms with van der Waals surface area (Å²) in [5.41, 5.74) is 0. The van der Waals surface area contributed by atoms with Crippen LogP contribution in [-0.2, 0) is 4.79 Å². The molecule has 1 saturated carbocycles. The summed E-state index contributed by atoms with van der Waals surface area (Å²) in [6.45, 7) is 2.24. The highest BCUT2D eigenvalue weighted by molar-refractivity contribution is 8.00. The third kappa shape index (κ3) is 4.02. The molecule has 1 fully saturated rings. The normalized spacial score (nSPS) is 21.3. The van der Waals surface area contributed by atoms with Crippen molar-refractivity contribution < 1.29 is 4.79 Å². The topological polar surface area (TPSA) is 29.1 Å². The monoisotopic (exact) mass is 347 g/mol. The zero-order chi connectivity index (χ0) is 16.2. The number of halogens is 1. The number of nitrogens with one attached hydrogen (secondary N) is 1. The molecule has 0 unspecified atom stereocenters. The SMILES string of the molecule is C[C@@H]1CCCC[C@H]1NC(=O)CSc1cccc2cccc(Cl)c12. The van der Waals surface area contributed by atoms with Crippen LogP contribution in [0.3, 0.4) is 0 Å². The molecular weight excluding hydrogens is 326 g/mol. The average molecular weight is 348 g/mol. The number of rotatable bonds is 4. The van der Waals surface area contributed by atoms with Crippen molar-refractivity contribution in [1.82, 2.24) is 5.32 Å². The third-order valence-electron chi connectivity index (χ3n) is 4.63. The van der Waals surface area contributed by atoms with Crippen LogP contribution in [0.5, 0.6) is 0 Å². The molecule has 1 N–H and O–H groups in total. The number of hydrogen-bond acceptors (Lipinski definition) is 2. The van der Waals surface area contributed by atoms with E-state index in [2.05, 4.69) is 24.4 Å². The minimum absolute atomic E-state index is 0.123. The van der Waals surface area contributed by atoms with Gasteiger partial charge in [-0.05, 0) is 36.3 Å². The molecule has 2 atom stereocenters. The highest BCUT2D eigenvalue weighted by Crippen LogP contribution is 2.33. The van der Waals surface area contributed by atoms with Gasteiger partial charge in [0.1, 0.15) is 0 Å². The Bertz CT molecular complexity index is 698. The van der Waals surface area contributed by atoms with Gasteiger partial charge in [0, 0.05) is 21.3 Å². The minimum Gasteiger partial charge on any atom is -0.352 e. The van der Waals surface area contributed by atoms with Crippen LogP contribution >= 0.6 is 23.4 Å². The summed E-state index contributed by atoms with van der Waals surface area (Å²) in [5, 5.41) is 6.11. The molecule has 0 spiro atoms. The lowest BCUT2D eigenvalue weighted by Gasteiger charge is -2.29. The number of thioether (sulfide) groups is 1. The molecule has 0 saturated heterocycles. The quantitative estimate of drug-likeness (QED) is 0.762. The van der Waals surface area contributed by atoms with Crippen LogP contribution in [0, 0.1) is 5.92 Å². The fraction of sp³-hybridized carbons (Fsp3) is 0.421. The van der Waals surface area contributed by atoms with E-state index >= 15 is 0 Å². The molecule has 0 aliphatic heterocycles. The van der Waals surface area contributed by atoms with Crippen molar-refractivity contribution >= 4 is 40.0 Å². The van der Waals surface area contributed by atoms with E-state index in [0.717, 1.165) is 27.1 Å². The Morgan fingerprint density at radius 2 is 1.96 bits per heavy atom. The Kier molecular flexibility index (Phi) is 5.50. The summed E-state index contributed by atoms with van der Waals surface area (Å²) in [6.07, 6.45) is 4.84. The van der Waals surface area contributed by atoms with Crippen LogP contribution in [0.4, 0.5) is 0 Å². The second-order valence-electron chi connectivity index (χ2n) is 6.32. The number of carbonyl (C=O) groups excluding carboxylic acids is 1. The lowest BCUT2D eigenvalue weighted by atomic mass is 9.86. The summed E-state index contributed by atoms with van der Waals surface area (Å²) in [4.78, 5) is 13.4. The fourth-order valence-corrected chi connectivity index (χ4v) is 4.56. The van der Waals surface area contributed by atoms with Crippen molar-refractivity contribution in [3.8, 4) is 0 Å². The first kappa shape index (κ1) is 16.7. The Balaban J connectivity index is 1.65. The van der Waals surface area contributed by atoms with Crippen LogP contribution in [0.2, 0.25) is 5.02 Å². The molecule has 4 heteroatoms. The highest BCUT2D eigenvalue weighted by Gasteiger charge is 2.22. The van der Waals surface area contributed by atoms with E-state index in [1.807, 2.05) is 24.3 Å². The van der Waals surface area contributed by atoms with Crippen molar-refractivity contribution in [2.45, 2.75) is 43.5 Å². The van der Waals surface area contributed by atoms with E-state index in [-0.39, 0.29) is 5.91 Å². The molecule has 23 heavy (non-hydrogen) atoms. The number of benzene rings is 2. The summed E-state index contributed by atoms with van der Waals surface area (Å²) in [6, 6.07) is 12.4. The van der Waals surface area contributed by atoms with Crippen molar-refractivity contribution in [1.29, 1.82) is 0 Å². The fourth-order valence-electron chi connectivity index (χ4n) is 3.30. The summed E-state index contributed by atoms with van der Waals surface area (Å²) < 4.78 is 0. The van der Waals surface area contributed by atoms with Gasteiger partial charge in [0.2, 0.25) is 5.91 Å². The summed E-state index contributed by atoms with van der Waals surface area (Å²) in [7, 11) is 0. The lowest BCUT2D eigenvalue weighted by Crippen LogP contribution is -2.41. The maximum atomic E-state index is 12.3. The smallest absolute Gasteiger partial charge is 0.230 e. The van der Waals surface area contributed by atoms with Gasteiger partial charge < -0.3 is 5.32 Å². The number of fused-ring (bicyclic) bond motifs is 1. The first-order chi connectivity index (χ1) is 11.1. The molecule has 1 aliphatic rings. The zero-order valence-corrected chi connectivity index (χ0v) is 14.9. The Labute approximate surface area is 147 Å². The van der Waals surface area contributed by atoms with E-state index in [1.54, 1.807) is 11.8 Å². The molecule has 0 heterocycles. The number of hydrogen-bond donors (Lipinski definition) is 1. The van der Waals surface area contributed by atoms with Gasteiger partial charge in [-0.2, -0.15) is 0 Å². The van der Waals surface area contributed by atoms with Crippen LogP contribution in [0.25, 0.3) is 10.8 Å². The van der Waals surface area contributed by atoms with Gasteiger partial charge in [0.15, 0.2) is 0 Å². The first-order valence-electron chi connectivity index (χ1n) is 8.24. The molecule has 0 radical (unpaired) electrons. The Morgan fingerprint density at radius 3 is 2.74 bits per heavy atom. The van der Waals surface area contributed by atoms with E-state index < -0.39 is 0 Å². The van der Waals surface area contributed by atoms with Gasteiger partial charge in [-0.25, -0.2) is 0 Å². The average Bonchev–Trinajstić information content (AvgIpc) is 2.55. The molecular formula is C19H22ClNOS. The van der Waals surface area contributed by atoms with Crippen molar-refractivity contribution in [3.63, 3.8) is 0 Å². The highest BCUT2D eigenvalue weighted by atomic mass is 35.5. The van der Waals surface area contributed by atoms with Crippen molar-refractivity contribution in [2.24, 2.45) is 5.92 Å². The van der Waals surface area contributed by atoms with Crippen LogP contribution < -0.4 is 5.32 Å². The lowest BCUT2D eigenvalue weighted by molar-refractivity contribution is -0.119. The van der Waals surface area contributed by atoms with Crippen LogP contribution in [-0.4, -0.2) is 17.7 Å². The van der Waals surface area contributed by atoms with E-state index in [0.29, 0.717) is 17.7 Å². The molecule has 2 aromatic rings.